The molecule has 5 nitrogen and oxygen atoms in total. The molecule has 0 aliphatic carbocycles. The van der Waals surface area contributed by atoms with Crippen molar-refractivity contribution in [3.05, 3.63) is 23.8 Å². The fourth-order valence-corrected chi connectivity index (χ4v) is 2.27. The van der Waals surface area contributed by atoms with Crippen LogP contribution in [0.15, 0.2) is 23.1 Å². The van der Waals surface area contributed by atoms with Gasteiger partial charge in [-0.3, -0.25) is 4.55 Å². The second-order valence-electron chi connectivity index (χ2n) is 2.96. The van der Waals surface area contributed by atoms with Gasteiger partial charge in [-0.25, -0.2) is 0 Å². The van der Waals surface area contributed by atoms with E-state index in [-0.39, 0.29) is 10.6 Å². The monoisotopic (exact) mass is 231 g/mol. The summed E-state index contributed by atoms with van der Waals surface area (Å²) in [5.74, 6) is 0.128. The highest BCUT2D eigenvalue weighted by Gasteiger charge is 2.20. The highest BCUT2D eigenvalue weighted by Crippen LogP contribution is 2.27. The summed E-state index contributed by atoms with van der Waals surface area (Å²) in [5, 5.41) is 0. The first kappa shape index (κ1) is 12.0. The van der Waals surface area contributed by atoms with Crippen LogP contribution in [0.2, 0.25) is 0 Å². The molecule has 84 valence electrons. The fraction of sp³-hybridized carbons (Fsp3) is 0.333. The van der Waals surface area contributed by atoms with Gasteiger partial charge in [-0.15, -0.1) is 0 Å². The second-order valence-corrected chi connectivity index (χ2v) is 4.32. The van der Waals surface area contributed by atoms with Crippen LogP contribution in [0.5, 0.6) is 5.75 Å². The van der Waals surface area contributed by atoms with E-state index in [1.165, 1.54) is 13.2 Å². The molecule has 0 saturated heterocycles. The lowest BCUT2D eigenvalue weighted by atomic mass is 10.1. The molecule has 0 spiro atoms. The third-order valence-corrected chi connectivity index (χ3v) is 2.93. The molecule has 1 aromatic rings. The van der Waals surface area contributed by atoms with E-state index in [1.807, 2.05) is 0 Å². The third kappa shape index (κ3) is 2.68. The van der Waals surface area contributed by atoms with Crippen LogP contribution < -0.4 is 10.5 Å². The second kappa shape index (κ2) is 4.61. The van der Waals surface area contributed by atoms with Crippen LogP contribution in [0.4, 0.5) is 0 Å². The number of ether oxygens (including phenoxy) is 1. The van der Waals surface area contributed by atoms with E-state index in [1.54, 1.807) is 12.1 Å². The van der Waals surface area contributed by atoms with E-state index in [9.17, 15) is 8.42 Å². The number of methoxy groups -OCH3 is 1. The molecule has 6 heteroatoms. The molecule has 0 atom stereocenters. The molecule has 3 N–H and O–H groups in total. The Bertz CT molecular complexity index is 441. The zero-order chi connectivity index (χ0) is 11.5. The highest BCUT2D eigenvalue weighted by molar-refractivity contribution is 7.86. The molecule has 0 aromatic heterocycles. The van der Waals surface area contributed by atoms with Crippen molar-refractivity contribution in [2.45, 2.75) is 11.3 Å². The van der Waals surface area contributed by atoms with Crippen molar-refractivity contribution in [1.82, 2.24) is 0 Å². The van der Waals surface area contributed by atoms with Crippen molar-refractivity contribution in [2.24, 2.45) is 5.73 Å². The zero-order valence-electron chi connectivity index (χ0n) is 8.30. The SMILES string of the molecule is COc1cccc(CCN)c1S(=O)(=O)O. The molecule has 1 rings (SSSR count). The van der Waals surface area contributed by atoms with Crippen molar-refractivity contribution >= 4 is 10.1 Å². The number of benzene rings is 1. The Morgan fingerprint density at radius 2 is 2.13 bits per heavy atom. The van der Waals surface area contributed by atoms with E-state index < -0.39 is 10.1 Å². The Morgan fingerprint density at radius 1 is 1.47 bits per heavy atom. The molecule has 0 aliphatic rings. The maximum atomic E-state index is 11.1. The van der Waals surface area contributed by atoms with Gasteiger partial charge in [0.25, 0.3) is 10.1 Å². The van der Waals surface area contributed by atoms with Crippen LogP contribution in [0, 0.1) is 0 Å². The lowest BCUT2D eigenvalue weighted by Gasteiger charge is -2.10. The van der Waals surface area contributed by atoms with Crippen LogP contribution in [0.1, 0.15) is 5.56 Å². The first-order chi connectivity index (χ1) is 7.00. The normalized spacial score (nSPS) is 11.4. The minimum atomic E-state index is -4.28. The Hall–Kier alpha value is -1.11. The molecule has 15 heavy (non-hydrogen) atoms. The van der Waals surface area contributed by atoms with Gasteiger partial charge >= 0.3 is 0 Å². The molecule has 0 fully saturated rings. The summed E-state index contributed by atoms with van der Waals surface area (Å²) in [6, 6.07) is 4.72. The predicted octanol–water partition coefficient (Wildman–Crippen LogP) is 0.443. The minimum Gasteiger partial charge on any atom is -0.495 e. The molecule has 0 unspecified atom stereocenters. The van der Waals surface area contributed by atoms with Crippen molar-refractivity contribution < 1.29 is 17.7 Å². The highest BCUT2D eigenvalue weighted by atomic mass is 32.2. The molecule has 1 aromatic carbocycles. The summed E-state index contributed by atoms with van der Waals surface area (Å²) in [5.41, 5.74) is 5.80. The fourth-order valence-electron chi connectivity index (χ4n) is 1.37. The van der Waals surface area contributed by atoms with Crippen LogP contribution >= 0.6 is 0 Å². The van der Waals surface area contributed by atoms with Crippen LogP contribution in [-0.2, 0) is 16.5 Å². The Morgan fingerprint density at radius 3 is 2.60 bits per heavy atom. The van der Waals surface area contributed by atoms with E-state index in [0.29, 0.717) is 18.5 Å². The lowest BCUT2D eigenvalue weighted by Crippen LogP contribution is -2.10. The zero-order valence-corrected chi connectivity index (χ0v) is 9.12. The van der Waals surface area contributed by atoms with Crippen LogP contribution in [-0.4, -0.2) is 26.6 Å². The van der Waals surface area contributed by atoms with Gasteiger partial charge in [-0.2, -0.15) is 8.42 Å². The van der Waals surface area contributed by atoms with Crippen LogP contribution in [0.25, 0.3) is 0 Å². The largest absolute Gasteiger partial charge is 0.495 e. The molecule has 0 amide bonds. The maximum absolute atomic E-state index is 11.1. The number of hydrogen-bond acceptors (Lipinski definition) is 4. The topological polar surface area (TPSA) is 89.6 Å². The summed E-state index contributed by atoms with van der Waals surface area (Å²) < 4.78 is 36.2. The van der Waals surface area contributed by atoms with Crippen molar-refractivity contribution in [3.8, 4) is 5.75 Å². The average Bonchev–Trinajstić information content (AvgIpc) is 2.16. The van der Waals surface area contributed by atoms with Gasteiger partial charge < -0.3 is 10.5 Å². The summed E-state index contributed by atoms with van der Waals surface area (Å²) >= 11 is 0. The van der Waals surface area contributed by atoms with E-state index in [0.717, 1.165) is 0 Å². The molecule has 0 aliphatic heterocycles. The Balaban J connectivity index is 3.41. The van der Waals surface area contributed by atoms with Crippen molar-refractivity contribution in [2.75, 3.05) is 13.7 Å². The number of nitrogens with two attached hydrogens (primary N) is 1. The van der Waals surface area contributed by atoms with Gasteiger partial charge in [0.05, 0.1) is 7.11 Å². The van der Waals surface area contributed by atoms with Crippen molar-refractivity contribution in [1.29, 1.82) is 0 Å². The van der Waals surface area contributed by atoms with Gasteiger partial charge in [0.15, 0.2) is 0 Å². The molecule has 0 bridgehead atoms. The van der Waals surface area contributed by atoms with Crippen molar-refractivity contribution in [3.63, 3.8) is 0 Å². The predicted molar refractivity (Wildman–Crippen MR) is 55.6 cm³/mol. The first-order valence-corrected chi connectivity index (χ1v) is 5.78. The smallest absolute Gasteiger partial charge is 0.298 e. The maximum Gasteiger partial charge on any atom is 0.298 e. The number of hydrogen-bond donors (Lipinski definition) is 2. The molecule has 0 heterocycles. The molecular formula is C9H13NO4S. The molecule has 0 radical (unpaired) electrons. The summed E-state index contributed by atoms with van der Waals surface area (Å²) in [4.78, 5) is -0.196. The minimum absolute atomic E-state index is 0.128. The van der Waals surface area contributed by atoms with E-state index in [4.69, 9.17) is 15.0 Å². The summed E-state index contributed by atoms with van der Waals surface area (Å²) in [6.45, 7) is 0.301. The molecular weight excluding hydrogens is 218 g/mol. The van der Waals surface area contributed by atoms with Crippen LogP contribution in [0.3, 0.4) is 0 Å². The first-order valence-electron chi connectivity index (χ1n) is 4.34. The lowest BCUT2D eigenvalue weighted by molar-refractivity contribution is 0.396. The average molecular weight is 231 g/mol. The quantitative estimate of drug-likeness (QED) is 0.734. The van der Waals surface area contributed by atoms with E-state index in [2.05, 4.69) is 0 Å². The number of rotatable bonds is 4. The summed E-state index contributed by atoms with van der Waals surface area (Å²) in [7, 11) is -2.94. The molecule has 0 saturated carbocycles. The third-order valence-electron chi connectivity index (χ3n) is 1.95. The Kier molecular flexibility index (Phi) is 3.67. The van der Waals surface area contributed by atoms with Gasteiger partial charge in [0.2, 0.25) is 0 Å². The summed E-state index contributed by atoms with van der Waals surface area (Å²) in [6.07, 6.45) is 0.367. The van der Waals surface area contributed by atoms with Gasteiger partial charge in [-0.05, 0) is 24.6 Å². The standard InChI is InChI=1S/C9H13NO4S/c1-14-8-4-2-3-7(5-6-10)9(8)15(11,12)13/h2-4H,5-6,10H2,1H3,(H,11,12,13). The Labute approximate surface area is 88.6 Å². The van der Waals surface area contributed by atoms with Gasteiger partial charge in [0, 0.05) is 0 Å². The van der Waals surface area contributed by atoms with E-state index >= 15 is 0 Å². The van der Waals surface area contributed by atoms with Gasteiger partial charge in [-0.1, -0.05) is 12.1 Å². The van der Waals surface area contributed by atoms with Gasteiger partial charge in [0.1, 0.15) is 10.6 Å².